The third-order valence-corrected chi connectivity index (χ3v) is 4.88. The monoisotopic (exact) mass is 289 g/mol. The summed E-state index contributed by atoms with van der Waals surface area (Å²) in [5.74, 6) is 0.624. The van der Waals surface area contributed by atoms with Gasteiger partial charge in [-0.25, -0.2) is 0 Å². The number of thiophene rings is 1. The van der Waals surface area contributed by atoms with Crippen molar-refractivity contribution in [2.75, 3.05) is 0 Å². The second-order valence-corrected chi connectivity index (χ2v) is 6.88. The summed E-state index contributed by atoms with van der Waals surface area (Å²) < 4.78 is 1.15. The van der Waals surface area contributed by atoms with E-state index in [0.29, 0.717) is 11.3 Å². The van der Waals surface area contributed by atoms with Gasteiger partial charge in [0.1, 0.15) is 0 Å². The molecular formula is C12H20BrNS. The normalized spacial score (nSPS) is 16.4. The van der Waals surface area contributed by atoms with Crippen LogP contribution in [0, 0.1) is 11.3 Å². The van der Waals surface area contributed by atoms with Crippen molar-refractivity contribution in [3.63, 3.8) is 0 Å². The molecule has 1 heterocycles. The van der Waals surface area contributed by atoms with Crippen molar-refractivity contribution in [2.45, 2.75) is 40.2 Å². The van der Waals surface area contributed by atoms with Gasteiger partial charge in [-0.3, -0.25) is 0 Å². The van der Waals surface area contributed by atoms with Crippen LogP contribution >= 0.6 is 27.3 Å². The van der Waals surface area contributed by atoms with Crippen molar-refractivity contribution in [3.8, 4) is 0 Å². The summed E-state index contributed by atoms with van der Waals surface area (Å²) in [6.45, 7) is 9.09. The highest BCUT2D eigenvalue weighted by Crippen LogP contribution is 2.35. The van der Waals surface area contributed by atoms with E-state index in [4.69, 9.17) is 5.73 Å². The van der Waals surface area contributed by atoms with E-state index in [1.54, 1.807) is 11.3 Å². The Kier molecular flexibility index (Phi) is 4.38. The van der Waals surface area contributed by atoms with Gasteiger partial charge in [-0.15, -0.1) is 0 Å². The minimum absolute atomic E-state index is 0.153. The lowest BCUT2D eigenvalue weighted by Gasteiger charge is -2.29. The summed E-state index contributed by atoms with van der Waals surface area (Å²) in [6, 6.07) is 0.153. The van der Waals surface area contributed by atoms with Crippen LogP contribution < -0.4 is 5.73 Å². The van der Waals surface area contributed by atoms with Gasteiger partial charge in [-0.1, -0.05) is 27.7 Å². The smallest absolute Gasteiger partial charge is 0.0330 e. The van der Waals surface area contributed by atoms with Crippen LogP contribution in [-0.4, -0.2) is 0 Å². The Labute approximate surface area is 105 Å². The van der Waals surface area contributed by atoms with Gasteiger partial charge in [0.15, 0.2) is 0 Å². The molecule has 0 radical (unpaired) electrons. The van der Waals surface area contributed by atoms with Crippen LogP contribution in [0.4, 0.5) is 0 Å². The van der Waals surface area contributed by atoms with Crippen molar-refractivity contribution in [3.05, 3.63) is 20.8 Å². The third kappa shape index (κ3) is 3.58. The Morgan fingerprint density at radius 1 is 1.40 bits per heavy atom. The zero-order valence-electron chi connectivity index (χ0n) is 9.88. The van der Waals surface area contributed by atoms with Crippen LogP contribution in [0.3, 0.4) is 0 Å². The molecule has 15 heavy (non-hydrogen) atoms. The van der Waals surface area contributed by atoms with E-state index in [9.17, 15) is 0 Å². The molecule has 86 valence electrons. The van der Waals surface area contributed by atoms with Crippen molar-refractivity contribution in [1.29, 1.82) is 0 Å². The summed E-state index contributed by atoms with van der Waals surface area (Å²) in [7, 11) is 0. The maximum atomic E-state index is 6.21. The van der Waals surface area contributed by atoms with Crippen molar-refractivity contribution < 1.29 is 0 Å². The minimum Gasteiger partial charge on any atom is -0.324 e. The fourth-order valence-electron chi connectivity index (χ4n) is 1.42. The average Bonchev–Trinajstić information content (AvgIpc) is 2.49. The van der Waals surface area contributed by atoms with Gasteiger partial charge in [0, 0.05) is 15.9 Å². The third-order valence-electron chi connectivity index (χ3n) is 3.13. The molecule has 0 fully saturated rings. The van der Waals surface area contributed by atoms with Gasteiger partial charge < -0.3 is 5.73 Å². The van der Waals surface area contributed by atoms with Crippen molar-refractivity contribution in [2.24, 2.45) is 17.1 Å². The fraction of sp³-hybridized carbons (Fsp3) is 0.667. The quantitative estimate of drug-likeness (QED) is 0.866. The van der Waals surface area contributed by atoms with E-state index in [-0.39, 0.29) is 6.04 Å². The van der Waals surface area contributed by atoms with Crippen LogP contribution in [0.5, 0.6) is 0 Å². The molecule has 2 N–H and O–H groups in total. The summed E-state index contributed by atoms with van der Waals surface area (Å²) >= 11 is 5.24. The molecule has 0 saturated heterocycles. The summed E-state index contributed by atoms with van der Waals surface area (Å²) in [5, 5.41) is 4.24. The van der Waals surface area contributed by atoms with Gasteiger partial charge >= 0.3 is 0 Å². The molecule has 0 aliphatic carbocycles. The first-order valence-electron chi connectivity index (χ1n) is 5.29. The van der Waals surface area contributed by atoms with E-state index in [0.717, 1.165) is 10.9 Å². The number of hydrogen-bond donors (Lipinski definition) is 1. The highest BCUT2D eigenvalue weighted by atomic mass is 79.9. The molecule has 3 heteroatoms. The van der Waals surface area contributed by atoms with E-state index >= 15 is 0 Å². The Balaban J connectivity index is 2.64. The Morgan fingerprint density at radius 2 is 2.00 bits per heavy atom. The molecule has 0 aromatic carbocycles. The summed E-state index contributed by atoms with van der Waals surface area (Å²) in [4.78, 5) is 0. The molecule has 0 aliphatic rings. The molecular weight excluding hydrogens is 270 g/mol. The van der Waals surface area contributed by atoms with E-state index in [2.05, 4.69) is 54.4 Å². The largest absolute Gasteiger partial charge is 0.324 e. The summed E-state index contributed by atoms with van der Waals surface area (Å²) in [5.41, 5.74) is 7.79. The van der Waals surface area contributed by atoms with E-state index in [1.807, 2.05) is 0 Å². The molecule has 0 amide bonds. The number of hydrogen-bond acceptors (Lipinski definition) is 2. The molecule has 1 aromatic heterocycles. The zero-order valence-corrected chi connectivity index (χ0v) is 12.3. The zero-order chi connectivity index (χ0) is 11.6. The molecule has 0 spiro atoms. The molecule has 1 rings (SSSR count). The highest BCUT2D eigenvalue weighted by Gasteiger charge is 2.23. The van der Waals surface area contributed by atoms with Gasteiger partial charge in [0.2, 0.25) is 0 Å². The lowest BCUT2D eigenvalue weighted by atomic mass is 9.78. The predicted octanol–water partition coefficient (Wildman–Crippen LogP) is 4.58. The van der Waals surface area contributed by atoms with E-state index in [1.165, 1.54) is 5.56 Å². The number of rotatable bonds is 3. The maximum absolute atomic E-state index is 6.21. The molecule has 1 nitrogen and oxygen atoms in total. The maximum Gasteiger partial charge on any atom is 0.0330 e. The molecule has 2 unspecified atom stereocenters. The SMILES string of the molecule is CC(CC(N)c1cscc1Br)C(C)(C)C. The van der Waals surface area contributed by atoms with Gasteiger partial charge in [0.25, 0.3) is 0 Å². The molecule has 2 atom stereocenters. The Bertz CT molecular complexity index is 314. The molecule has 0 aliphatic heterocycles. The van der Waals surface area contributed by atoms with Gasteiger partial charge in [-0.05, 0) is 44.6 Å². The van der Waals surface area contributed by atoms with Crippen molar-refractivity contribution in [1.82, 2.24) is 0 Å². The van der Waals surface area contributed by atoms with Crippen LogP contribution in [-0.2, 0) is 0 Å². The lowest BCUT2D eigenvalue weighted by Crippen LogP contribution is -2.23. The minimum atomic E-state index is 0.153. The van der Waals surface area contributed by atoms with Crippen LogP contribution in [0.2, 0.25) is 0 Å². The van der Waals surface area contributed by atoms with E-state index < -0.39 is 0 Å². The second kappa shape index (κ2) is 4.98. The lowest BCUT2D eigenvalue weighted by molar-refractivity contribution is 0.234. The summed E-state index contributed by atoms with van der Waals surface area (Å²) in [6.07, 6.45) is 1.04. The van der Waals surface area contributed by atoms with Gasteiger partial charge in [-0.2, -0.15) is 11.3 Å². The molecule has 1 aromatic rings. The topological polar surface area (TPSA) is 26.0 Å². The highest BCUT2D eigenvalue weighted by molar-refractivity contribution is 9.10. The first kappa shape index (κ1) is 13.2. The van der Waals surface area contributed by atoms with Crippen LogP contribution in [0.25, 0.3) is 0 Å². The number of halogens is 1. The second-order valence-electron chi connectivity index (χ2n) is 5.28. The van der Waals surface area contributed by atoms with Crippen molar-refractivity contribution >= 4 is 27.3 Å². The average molecular weight is 290 g/mol. The molecule has 0 bridgehead atoms. The van der Waals surface area contributed by atoms with Crippen LogP contribution in [0.1, 0.15) is 45.7 Å². The predicted molar refractivity (Wildman–Crippen MR) is 72.2 cm³/mol. The van der Waals surface area contributed by atoms with Crippen LogP contribution in [0.15, 0.2) is 15.2 Å². The molecule has 0 saturated carbocycles. The van der Waals surface area contributed by atoms with Gasteiger partial charge in [0.05, 0.1) is 0 Å². The first-order chi connectivity index (χ1) is 6.82. The Hall–Kier alpha value is 0.140. The first-order valence-corrected chi connectivity index (χ1v) is 7.03. The number of nitrogens with two attached hydrogens (primary N) is 1. The standard InChI is InChI=1S/C12H20BrNS/c1-8(12(2,3)4)5-11(14)9-6-15-7-10(9)13/h6-8,11H,5,14H2,1-4H3. The Morgan fingerprint density at radius 3 is 2.40 bits per heavy atom. The fourth-order valence-corrected chi connectivity index (χ4v) is 3.07.